The first kappa shape index (κ1) is 26.2. The molecule has 2 heterocycles. The largest absolute Gasteiger partial charge is 0.453 e. The van der Waals surface area contributed by atoms with E-state index in [0.29, 0.717) is 22.5 Å². The first-order valence-corrected chi connectivity index (χ1v) is 13.2. The van der Waals surface area contributed by atoms with Gasteiger partial charge in [-0.2, -0.15) is 0 Å². The third kappa shape index (κ3) is 5.93. The third-order valence-corrected chi connectivity index (χ3v) is 7.18. The van der Waals surface area contributed by atoms with Crippen LogP contribution >= 0.6 is 22.9 Å². The lowest BCUT2D eigenvalue weighted by Crippen LogP contribution is -2.15. The van der Waals surface area contributed by atoms with Crippen molar-refractivity contribution in [2.45, 2.75) is 4.90 Å². The highest BCUT2D eigenvalue weighted by Gasteiger charge is 2.24. The summed E-state index contributed by atoms with van der Waals surface area (Å²) in [5.74, 6) is -1.53. The number of allylic oxidation sites excluding steroid dienone is 1. The number of hydrogen-bond acceptors (Lipinski definition) is 8. The highest BCUT2D eigenvalue weighted by molar-refractivity contribution is 7.92. The number of aromatic nitrogens is 2. The first-order valence-electron chi connectivity index (χ1n) is 10.4. The lowest BCUT2D eigenvalue weighted by molar-refractivity contribution is 0.471. The van der Waals surface area contributed by atoms with E-state index < -0.39 is 26.6 Å². The van der Waals surface area contributed by atoms with Crippen molar-refractivity contribution in [1.82, 2.24) is 9.97 Å². The molecule has 0 unspecified atom stereocenters. The number of ether oxygens (including phenoxy) is 1. The molecule has 190 valence electrons. The van der Waals surface area contributed by atoms with Crippen molar-refractivity contribution in [2.75, 3.05) is 11.8 Å². The molecular weight excluding hydrogens is 544 g/mol. The van der Waals surface area contributed by atoms with Gasteiger partial charge in [0.15, 0.2) is 11.6 Å². The molecule has 0 amide bonds. The van der Waals surface area contributed by atoms with Crippen molar-refractivity contribution in [3.05, 3.63) is 94.0 Å². The summed E-state index contributed by atoms with van der Waals surface area (Å²) in [6.07, 6.45) is 4.13. The van der Waals surface area contributed by atoms with Crippen LogP contribution in [0.2, 0.25) is 5.02 Å². The van der Waals surface area contributed by atoms with E-state index in [-0.39, 0.29) is 22.3 Å². The molecule has 0 radical (unpaired) electrons. The highest BCUT2D eigenvalue weighted by atomic mass is 35.5. The minimum absolute atomic E-state index is 0.0503. The fourth-order valence-corrected chi connectivity index (χ4v) is 5.19. The number of thiazole rings is 1. The molecular formula is C24H18ClF2N5O3S2. The van der Waals surface area contributed by atoms with Crippen LogP contribution in [0.1, 0.15) is 5.56 Å². The molecule has 4 aromatic rings. The van der Waals surface area contributed by atoms with Gasteiger partial charge in [0, 0.05) is 29.6 Å². The standard InChI is InChI=1S/C24H18ClF2N5O3S2/c1-29-19(5-6-28)16-8-20(14-3-2-4-15(26)7-14)30-11-22(16)35-21-10-18(27)23(9-17(21)25)37(33,34)32-24-12-36-13-31-24/h2-13,32H,28H2,1H3. The van der Waals surface area contributed by atoms with Crippen molar-refractivity contribution >= 4 is 44.5 Å². The van der Waals surface area contributed by atoms with Crippen molar-refractivity contribution < 1.29 is 21.9 Å². The second-order valence-corrected chi connectivity index (χ2v) is 10.1. The number of anilines is 1. The van der Waals surface area contributed by atoms with Gasteiger partial charge in [-0.3, -0.25) is 14.7 Å². The van der Waals surface area contributed by atoms with Crippen LogP contribution in [-0.4, -0.2) is 31.1 Å². The van der Waals surface area contributed by atoms with Gasteiger partial charge in [0.05, 0.1) is 28.1 Å². The maximum atomic E-state index is 14.9. The van der Waals surface area contributed by atoms with E-state index in [1.807, 2.05) is 0 Å². The number of nitrogens with one attached hydrogen (secondary N) is 1. The SMILES string of the molecule is CN=C(C=CN)c1cc(-c2cccc(F)c2)ncc1Oc1cc(F)c(S(=O)(=O)Nc2cscn2)cc1Cl. The van der Waals surface area contributed by atoms with Gasteiger partial charge in [-0.05, 0) is 36.5 Å². The number of hydrogen-bond donors (Lipinski definition) is 2. The molecule has 0 saturated heterocycles. The molecule has 0 spiro atoms. The molecule has 0 fully saturated rings. The van der Waals surface area contributed by atoms with Gasteiger partial charge in [0.1, 0.15) is 22.3 Å². The normalized spacial score (nSPS) is 12.2. The number of pyridine rings is 1. The second-order valence-electron chi connectivity index (χ2n) is 7.34. The monoisotopic (exact) mass is 561 g/mol. The van der Waals surface area contributed by atoms with E-state index in [0.717, 1.165) is 12.1 Å². The molecule has 0 saturated carbocycles. The predicted molar refractivity (Wildman–Crippen MR) is 140 cm³/mol. The van der Waals surface area contributed by atoms with Crippen LogP contribution in [0.5, 0.6) is 11.5 Å². The molecule has 3 N–H and O–H groups in total. The Morgan fingerprint density at radius 3 is 2.68 bits per heavy atom. The lowest BCUT2D eigenvalue weighted by Gasteiger charge is -2.15. The molecule has 0 aliphatic heterocycles. The fraction of sp³-hybridized carbons (Fsp3) is 0.0417. The molecule has 0 aliphatic rings. The first-order chi connectivity index (χ1) is 17.7. The summed E-state index contributed by atoms with van der Waals surface area (Å²) in [6, 6.07) is 9.25. The van der Waals surface area contributed by atoms with E-state index in [2.05, 4.69) is 19.7 Å². The summed E-state index contributed by atoms with van der Waals surface area (Å²) in [5, 5.41) is 1.28. The number of sulfonamides is 1. The van der Waals surface area contributed by atoms with Crippen LogP contribution in [0.4, 0.5) is 14.6 Å². The quantitative estimate of drug-likeness (QED) is 0.269. The van der Waals surface area contributed by atoms with Gasteiger partial charge in [-0.1, -0.05) is 23.7 Å². The molecule has 4 rings (SSSR count). The summed E-state index contributed by atoms with van der Waals surface area (Å²) in [5.41, 5.74) is 8.70. The van der Waals surface area contributed by atoms with Crippen molar-refractivity contribution in [3.8, 4) is 22.8 Å². The number of nitrogens with zero attached hydrogens (tertiary/aromatic N) is 3. The number of halogens is 3. The zero-order chi connectivity index (χ0) is 26.6. The van der Waals surface area contributed by atoms with Gasteiger partial charge in [-0.15, -0.1) is 11.3 Å². The summed E-state index contributed by atoms with van der Waals surface area (Å²) < 4.78 is 62.0. The highest BCUT2D eigenvalue weighted by Crippen LogP contribution is 2.36. The summed E-state index contributed by atoms with van der Waals surface area (Å²) >= 11 is 7.46. The Balaban J connectivity index is 1.74. The van der Waals surface area contributed by atoms with Crippen LogP contribution in [-0.2, 0) is 10.0 Å². The Hall–Kier alpha value is -3.87. The maximum Gasteiger partial charge on any atom is 0.266 e. The van der Waals surface area contributed by atoms with Gasteiger partial charge in [0.25, 0.3) is 10.0 Å². The van der Waals surface area contributed by atoms with Crippen LogP contribution in [0.15, 0.2) is 81.7 Å². The minimum atomic E-state index is -4.30. The van der Waals surface area contributed by atoms with Crippen LogP contribution in [0.3, 0.4) is 0 Å². The van der Waals surface area contributed by atoms with Crippen LogP contribution in [0, 0.1) is 11.6 Å². The molecule has 0 bridgehead atoms. The second kappa shape index (κ2) is 11.0. The van der Waals surface area contributed by atoms with E-state index >= 15 is 0 Å². The predicted octanol–water partition coefficient (Wildman–Crippen LogP) is 5.62. The maximum absolute atomic E-state index is 14.9. The molecule has 2 aromatic heterocycles. The molecule has 13 heteroatoms. The molecule has 2 aromatic carbocycles. The zero-order valence-electron chi connectivity index (χ0n) is 19.0. The fourth-order valence-electron chi connectivity index (χ4n) is 3.27. The third-order valence-electron chi connectivity index (χ3n) is 4.93. The summed E-state index contributed by atoms with van der Waals surface area (Å²) in [7, 11) is -2.77. The van der Waals surface area contributed by atoms with E-state index in [1.54, 1.807) is 18.2 Å². The molecule has 0 aliphatic carbocycles. The van der Waals surface area contributed by atoms with Gasteiger partial charge in [0.2, 0.25) is 0 Å². The van der Waals surface area contributed by atoms with Crippen molar-refractivity contribution in [3.63, 3.8) is 0 Å². The van der Waals surface area contributed by atoms with Gasteiger partial charge < -0.3 is 10.5 Å². The van der Waals surface area contributed by atoms with Crippen molar-refractivity contribution in [2.24, 2.45) is 10.7 Å². The summed E-state index contributed by atoms with van der Waals surface area (Å²) in [4.78, 5) is 11.7. The number of aliphatic imine (C=N–C) groups is 1. The molecule has 8 nitrogen and oxygen atoms in total. The van der Waals surface area contributed by atoms with Gasteiger partial charge >= 0.3 is 0 Å². The molecule has 0 atom stereocenters. The average Bonchev–Trinajstić information content (AvgIpc) is 3.37. The Morgan fingerprint density at radius 2 is 2.00 bits per heavy atom. The van der Waals surface area contributed by atoms with Crippen LogP contribution in [0.25, 0.3) is 11.3 Å². The Labute approximate surface area is 220 Å². The number of rotatable bonds is 8. The Morgan fingerprint density at radius 1 is 1.19 bits per heavy atom. The summed E-state index contributed by atoms with van der Waals surface area (Å²) in [6.45, 7) is 0. The lowest BCUT2D eigenvalue weighted by atomic mass is 10.0. The average molecular weight is 562 g/mol. The number of benzene rings is 2. The van der Waals surface area contributed by atoms with E-state index in [9.17, 15) is 17.2 Å². The Kier molecular flexibility index (Phi) is 7.81. The number of nitrogens with two attached hydrogens (primary N) is 1. The van der Waals surface area contributed by atoms with Gasteiger partial charge in [-0.25, -0.2) is 22.2 Å². The zero-order valence-corrected chi connectivity index (χ0v) is 21.4. The van der Waals surface area contributed by atoms with Crippen LogP contribution < -0.4 is 15.2 Å². The minimum Gasteiger partial charge on any atom is -0.453 e. The van der Waals surface area contributed by atoms with Crippen molar-refractivity contribution in [1.29, 1.82) is 0 Å². The van der Waals surface area contributed by atoms with E-state index in [1.165, 1.54) is 59.9 Å². The Bertz CT molecular complexity index is 1610. The smallest absolute Gasteiger partial charge is 0.266 e. The molecule has 37 heavy (non-hydrogen) atoms. The van der Waals surface area contributed by atoms with E-state index in [4.69, 9.17) is 22.1 Å². The topological polar surface area (TPSA) is 120 Å².